The lowest BCUT2D eigenvalue weighted by Gasteiger charge is -2.13. The first kappa shape index (κ1) is 19.2. The Balaban J connectivity index is 2.66. The second-order valence-electron chi connectivity index (χ2n) is 5.55. The molecule has 0 atom stereocenters. The number of benzene rings is 1. The summed E-state index contributed by atoms with van der Waals surface area (Å²) in [5.41, 5.74) is 0.145. The summed E-state index contributed by atoms with van der Waals surface area (Å²) < 4.78 is 24.6. The highest BCUT2D eigenvalue weighted by Crippen LogP contribution is 2.20. The van der Waals surface area contributed by atoms with Crippen molar-refractivity contribution < 1.29 is 23.1 Å². The Bertz CT molecular complexity index is 652. The number of unbranched alkanes of at least 4 members (excludes halogenated alkanes) is 2. The van der Waals surface area contributed by atoms with Gasteiger partial charge >= 0.3 is 5.97 Å². The molecule has 0 spiro atoms. The fourth-order valence-corrected chi connectivity index (χ4v) is 3.27. The number of hydrogen-bond acceptors (Lipinski definition) is 4. The molecule has 2 N–H and O–H groups in total. The average Bonchev–Trinajstić information content (AvgIpc) is 2.50. The molecule has 1 aromatic carbocycles. The summed E-state index contributed by atoms with van der Waals surface area (Å²) in [6, 6.07) is 6.16. The number of carboxylic acid groups (broad SMARTS) is 1. The average molecular weight is 341 g/mol. The Morgan fingerprint density at radius 1 is 1.13 bits per heavy atom. The van der Waals surface area contributed by atoms with Gasteiger partial charge in [-0.3, -0.25) is 9.59 Å². The molecule has 1 amide bonds. The van der Waals surface area contributed by atoms with Crippen LogP contribution in [-0.2, 0) is 14.6 Å². The first-order valence-electron chi connectivity index (χ1n) is 7.59. The van der Waals surface area contributed by atoms with Crippen LogP contribution in [0.4, 0.5) is 0 Å². The van der Waals surface area contributed by atoms with Crippen LogP contribution in [0.5, 0.6) is 0 Å². The summed E-state index contributed by atoms with van der Waals surface area (Å²) in [5, 5.41) is 10.6. The number of amides is 1. The Kier molecular flexibility index (Phi) is 7.22. The third kappa shape index (κ3) is 5.67. The minimum absolute atomic E-state index is 0.0402. The highest BCUT2D eigenvalue weighted by molar-refractivity contribution is 7.92. The van der Waals surface area contributed by atoms with Crippen LogP contribution in [0.2, 0.25) is 0 Å². The van der Waals surface area contributed by atoms with E-state index in [-0.39, 0.29) is 16.9 Å². The van der Waals surface area contributed by atoms with Gasteiger partial charge in [0.25, 0.3) is 5.91 Å². The molecule has 7 heteroatoms. The van der Waals surface area contributed by atoms with Crippen molar-refractivity contribution in [2.75, 3.05) is 6.54 Å². The number of carbonyl (C=O) groups is 2. The standard InChI is InChI=1S/C16H23NO5S/c1-12(2)23(21,22)14-9-6-5-8-13(14)16(20)17-11-7-3-4-10-15(18)19/h5-6,8-9,12H,3-4,7,10-11H2,1-2H3,(H,17,20)(H,18,19). The molecular formula is C16H23NO5S. The van der Waals surface area contributed by atoms with Gasteiger partial charge in [-0.05, 0) is 38.8 Å². The van der Waals surface area contributed by atoms with Crippen LogP contribution >= 0.6 is 0 Å². The van der Waals surface area contributed by atoms with E-state index in [2.05, 4.69) is 5.32 Å². The van der Waals surface area contributed by atoms with Crippen LogP contribution < -0.4 is 5.32 Å². The van der Waals surface area contributed by atoms with Gasteiger partial charge in [-0.2, -0.15) is 0 Å². The molecule has 0 unspecified atom stereocenters. The summed E-state index contributed by atoms with van der Waals surface area (Å²) in [4.78, 5) is 22.6. The van der Waals surface area contributed by atoms with E-state index < -0.39 is 27.0 Å². The SMILES string of the molecule is CC(C)S(=O)(=O)c1ccccc1C(=O)NCCCCCC(=O)O. The van der Waals surface area contributed by atoms with E-state index in [1.54, 1.807) is 26.0 Å². The minimum atomic E-state index is -3.53. The summed E-state index contributed by atoms with van der Waals surface area (Å²) in [5.74, 6) is -1.26. The van der Waals surface area contributed by atoms with Gasteiger partial charge in [0.1, 0.15) is 0 Å². The number of nitrogens with one attached hydrogen (secondary N) is 1. The molecule has 0 fully saturated rings. The van der Waals surface area contributed by atoms with Gasteiger partial charge in [-0.25, -0.2) is 8.42 Å². The maximum atomic E-state index is 12.3. The van der Waals surface area contributed by atoms with E-state index in [1.165, 1.54) is 12.1 Å². The summed E-state index contributed by atoms with van der Waals surface area (Å²) >= 11 is 0. The van der Waals surface area contributed by atoms with Crippen molar-refractivity contribution in [3.05, 3.63) is 29.8 Å². The lowest BCUT2D eigenvalue weighted by molar-refractivity contribution is -0.137. The first-order chi connectivity index (χ1) is 10.8. The molecule has 0 aliphatic heterocycles. The number of carbonyl (C=O) groups excluding carboxylic acids is 1. The van der Waals surface area contributed by atoms with Gasteiger partial charge in [-0.1, -0.05) is 18.6 Å². The van der Waals surface area contributed by atoms with E-state index in [0.29, 0.717) is 25.8 Å². The largest absolute Gasteiger partial charge is 0.481 e. The van der Waals surface area contributed by atoms with Gasteiger partial charge in [-0.15, -0.1) is 0 Å². The highest BCUT2D eigenvalue weighted by atomic mass is 32.2. The van der Waals surface area contributed by atoms with Crippen LogP contribution in [0.15, 0.2) is 29.2 Å². The summed E-state index contributed by atoms with van der Waals surface area (Å²) in [6.45, 7) is 3.54. The molecule has 0 aliphatic carbocycles. The zero-order chi connectivity index (χ0) is 17.5. The third-order valence-electron chi connectivity index (χ3n) is 3.41. The number of sulfone groups is 1. The van der Waals surface area contributed by atoms with Crippen molar-refractivity contribution in [3.63, 3.8) is 0 Å². The van der Waals surface area contributed by atoms with Gasteiger partial charge in [0, 0.05) is 13.0 Å². The van der Waals surface area contributed by atoms with Gasteiger partial charge in [0.2, 0.25) is 0 Å². The first-order valence-corrected chi connectivity index (χ1v) is 9.14. The van der Waals surface area contributed by atoms with Crippen LogP contribution in [0.3, 0.4) is 0 Å². The molecule has 0 radical (unpaired) electrons. The smallest absolute Gasteiger partial charge is 0.303 e. The third-order valence-corrected chi connectivity index (χ3v) is 5.62. The monoisotopic (exact) mass is 341 g/mol. The van der Waals surface area contributed by atoms with E-state index in [4.69, 9.17) is 5.11 Å². The van der Waals surface area contributed by atoms with Crippen molar-refractivity contribution in [3.8, 4) is 0 Å². The molecule has 1 rings (SSSR count). The Labute approximate surface area is 136 Å². The fourth-order valence-electron chi connectivity index (χ4n) is 2.03. The van der Waals surface area contributed by atoms with Crippen molar-refractivity contribution in [2.24, 2.45) is 0 Å². The molecule has 0 bridgehead atoms. The van der Waals surface area contributed by atoms with Crippen LogP contribution in [0, 0.1) is 0 Å². The van der Waals surface area contributed by atoms with E-state index in [1.807, 2.05) is 0 Å². The van der Waals surface area contributed by atoms with E-state index >= 15 is 0 Å². The maximum absolute atomic E-state index is 12.3. The van der Waals surface area contributed by atoms with Crippen molar-refractivity contribution in [2.45, 2.75) is 49.7 Å². The molecule has 1 aromatic rings. The van der Waals surface area contributed by atoms with Crippen LogP contribution in [-0.4, -0.2) is 37.2 Å². The predicted molar refractivity (Wildman–Crippen MR) is 87.2 cm³/mol. The number of carboxylic acids is 1. The van der Waals surface area contributed by atoms with Crippen molar-refractivity contribution in [1.29, 1.82) is 0 Å². The molecule has 6 nitrogen and oxygen atoms in total. The lowest BCUT2D eigenvalue weighted by atomic mass is 10.2. The van der Waals surface area contributed by atoms with E-state index in [0.717, 1.165) is 0 Å². The second-order valence-corrected chi connectivity index (χ2v) is 8.02. The number of aliphatic carboxylic acids is 1. The Hall–Kier alpha value is -1.89. The van der Waals surface area contributed by atoms with Gasteiger partial charge in [0.05, 0.1) is 15.7 Å². The highest BCUT2D eigenvalue weighted by Gasteiger charge is 2.24. The summed E-state index contributed by atoms with van der Waals surface area (Å²) in [7, 11) is -3.53. The molecular weight excluding hydrogens is 318 g/mol. The number of hydrogen-bond donors (Lipinski definition) is 2. The molecule has 0 heterocycles. The zero-order valence-electron chi connectivity index (χ0n) is 13.4. The van der Waals surface area contributed by atoms with Crippen LogP contribution in [0.25, 0.3) is 0 Å². The molecule has 128 valence electrons. The van der Waals surface area contributed by atoms with Gasteiger partial charge in [0.15, 0.2) is 9.84 Å². The molecule has 0 saturated heterocycles. The summed E-state index contributed by atoms with van der Waals surface area (Å²) in [6.07, 6.45) is 2.02. The lowest BCUT2D eigenvalue weighted by Crippen LogP contribution is -2.27. The van der Waals surface area contributed by atoms with Gasteiger partial charge < -0.3 is 10.4 Å². The van der Waals surface area contributed by atoms with Crippen LogP contribution in [0.1, 0.15) is 49.9 Å². The normalized spacial score (nSPS) is 11.4. The number of rotatable bonds is 9. The topological polar surface area (TPSA) is 101 Å². The van der Waals surface area contributed by atoms with E-state index in [9.17, 15) is 18.0 Å². The van der Waals surface area contributed by atoms with Crippen molar-refractivity contribution >= 4 is 21.7 Å². The minimum Gasteiger partial charge on any atom is -0.481 e. The molecule has 0 saturated carbocycles. The molecule has 0 aliphatic rings. The second kappa shape index (κ2) is 8.67. The van der Waals surface area contributed by atoms with Crippen molar-refractivity contribution in [1.82, 2.24) is 5.32 Å². The molecule has 23 heavy (non-hydrogen) atoms. The predicted octanol–water partition coefficient (Wildman–Crippen LogP) is 2.24. The Morgan fingerprint density at radius 2 is 1.78 bits per heavy atom. The molecule has 0 aromatic heterocycles. The Morgan fingerprint density at radius 3 is 2.39 bits per heavy atom. The zero-order valence-corrected chi connectivity index (χ0v) is 14.2. The maximum Gasteiger partial charge on any atom is 0.303 e. The quantitative estimate of drug-likeness (QED) is 0.671. The fraction of sp³-hybridized carbons (Fsp3) is 0.500.